The summed E-state index contributed by atoms with van der Waals surface area (Å²) in [7, 11) is 0. The van der Waals surface area contributed by atoms with Crippen molar-refractivity contribution < 1.29 is 4.92 Å². The van der Waals surface area contributed by atoms with Crippen LogP contribution in [0.4, 0.5) is 11.5 Å². The van der Waals surface area contributed by atoms with Crippen molar-refractivity contribution >= 4 is 22.5 Å². The number of imidazole rings is 1. The van der Waals surface area contributed by atoms with Crippen molar-refractivity contribution in [2.24, 2.45) is 0 Å². The number of aromatic nitrogens is 3. The van der Waals surface area contributed by atoms with Crippen molar-refractivity contribution in [3.05, 3.63) is 58.5 Å². The maximum absolute atomic E-state index is 11.3. The van der Waals surface area contributed by atoms with Gasteiger partial charge in [-0.05, 0) is 31.0 Å². The zero-order valence-electron chi connectivity index (χ0n) is 13.1. The molecule has 24 heavy (non-hydrogen) atoms. The summed E-state index contributed by atoms with van der Waals surface area (Å²) in [6, 6.07) is 11.1. The number of rotatable bonds is 3. The van der Waals surface area contributed by atoms with Crippen LogP contribution in [0.5, 0.6) is 0 Å². The molecule has 122 valence electrons. The molecule has 0 aliphatic carbocycles. The first kappa shape index (κ1) is 14.6. The monoisotopic (exact) mass is 323 g/mol. The normalized spacial score (nSPS) is 18.0. The summed E-state index contributed by atoms with van der Waals surface area (Å²) in [5.74, 6) is 1.61. The Kier molecular flexibility index (Phi) is 3.60. The highest BCUT2D eigenvalue weighted by Gasteiger charge is 2.28. The van der Waals surface area contributed by atoms with Crippen LogP contribution in [-0.4, -0.2) is 33.0 Å². The minimum Gasteiger partial charge on any atom is -0.350 e. The highest BCUT2D eigenvalue weighted by molar-refractivity contribution is 5.74. The Labute approximate surface area is 138 Å². The number of pyridine rings is 1. The quantitative estimate of drug-likeness (QED) is 0.590. The molecule has 0 bridgehead atoms. The number of nitrogens with zero attached hydrogens (tertiary/aromatic N) is 4. The summed E-state index contributed by atoms with van der Waals surface area (Å²) >= 11 is 0. The highest BCUT2D eigenvalue weighted by Crippen LogP contribution is 2.32. The minimum atomic E-state index is -0.368. The average molecular weight is 323 g/mol. The maximum Gasteiger partial charge on any atom is 0.311 e. The van der Waals surface area contributed by atoms with E-state index in [2.05, 4.69) is 15.0 Å². The number of hydrogen-bond acceptors (Lipinski definition) is 5. The summed E-state index contributed by atoms with van der Waals surface area (Å²) in [6.07, 6.45) is 3.57. The standard InChI is InChI=1S/C17H17N5O2/c23-22(24)15-8-3-9-18-17(15)21-10-4-5-12(11-21)16-19-13-6-1-2-7-14(13)20-16/h1-3,6-9,12H,4-5,10-11H2,(H,19,20). The van der Waals surface area contributed by atoms with Crippen molar-refractivity contribution in [3.63, 3.8) is 0 Å². The molecule has 7 heteroatoms. The summed E-state index contributed by atoms with van der Waals surface area (Å²) in [6.45, 7) is 1.45. The Morgan fingerprint density at radius 2 is 2.12 bits per heavy atom. The van der Waals surface area contributed by atoms with Crippen LogP contribution in [0.3, 0.4) is 0 Å². The van der Waals surface area contributed by atoms with Crippen molar-refractivity contribution in [1.82, 2.24) is 15.0 Å². The van der Waals surface area contributed by atoms with Crippen molar-refractivity contribution in [1.29, 1.82) is 0 Å². The molecular formula is C17H17N5O2. The lowest BCUT2D eigenvalue weighted by molar-refractivity contribution is -0.384. The summed E-state index contributed by atoms with van der Waals surface area (Å²) in [5.41, 5.74) is 2.03. The van der Waals surface area contributed by atoms with E-state index >= 15 is 0 Å². The largest absolute Gasteiger partial charge is 0.350 e. The van der Waals surface area contributed by atoms with Gasteiger partial charge in [0.1, 0.15) is 5.82 Å². The number of anilines is 1. The molecule has 1 unspecified atom stereocenters. The first-order valence-electron chi connectivity index (χ1n) is 8.01. The van der Waals surface area contributed by atoms with E-state index in [9.17, 15) is 10.1 Å². The second kappa shape index (κ2) is 5.92. The summed E-state index contributed by atoms with van der Waals surface area (Å²) in [4.78, 5) is 25.2. The first-order chi connectivity index (χ1) is 11.7. The van der Waals surface area contributed by atoms with E-state index in [0.717, 1.165) is 36.2 Å². The number of aromatic amines is 1. The number of H-pyrrole nitrogens is 1. The van der Waals surface area contributed by atoms with Gasteiger partial charge in [-0.2, -0.15) is 0 Å². The first-order valence-corrected chi connectivity index (χ1v) is 8.01. The number of fused-ring (bicyclic) bond motifs is 1. The van der Waals surface area contributed by atoms with Gasteiger partial charge < -0.3 is 9.88 Å². The molecule has 1 atom stereocenters. The van der Waals surface area contributed by atoms with Crippen LogP contribution >= 0.6 is 0 Å². The van der Waals surface area contributed by atoms with Crippen molar-refractivity contribution in [3.8, 4) is 0 Å². The van der Waals surface area contributed by atoms with Gasteiger partial charge in [0.2, 0.25) is 5.82 Å². The van der Waals surface area contributed by atoms with E-state index in [1.807, 2.05) is 29.2 Å². The second-order valence-electron chi connectivity index (χ2n) is 6.03. The van der Waals surface area contributed by atoms with Gasteiger partial charge in [0, 0.05) is 31.3 Å². The lowest BCUT2D eigenvalue weighted by atomic mass is 9.97. The fraction of sp³-hybridized carbons (Fsp3) is 0.294. The van der Waals surface area contributed by atoms with Gasteiger partial charge in [-0.3, -0.25) is 10.1 Å². The molecule has 0 radical (unpaired) electrons. The molecule has 1 aliphatic heterocycles. The van der Waals surface area contributed by atoms with E-state index in [1.165, 1.54) is 6.07 Å². The van der Waals surface area contributed by atoms with Crippen LogP contribution in [0.15, 0.2) is 42.6 Å². The van der Waals surface area contributed by atoms with E-state index < -0.39 is 0 Å². The molecule has 4 rings (SSSR count). The summed E-state index contributed by atoms with van der Waals surface area (Å²) < 4.78 is 0. The molecule has 2 aromatic heterocycles. The van der Waals surface area contributed by atoms with E-state index in [4.69, 9.17) is 0 Å². The Morgan fingerprint density at radius 3 is 2.96 bits per heavy atom. The molecule has 1 N–H and O–H groups in total. The number of nitrogens with one attached hydrogen (secondary N) is 1. The third-order valence-electron chi connectivity index (χ3n) is 4.48. The molecular weight excluding hydrogens is 306 g/mol. The fourth-order valence-electron chi connectivity index (χ4n) is 3.33. The number of nitro groups is 1. The molecule has 1 aliphatic rings. The molecule has 3 heterocycles. The number of benzene rings is 1. The van der Waals surface area contributed by atoms with Gasteiger partial charge >= 0.3 is 5.69 Å². The second-order valence-corrected chi connectivity index (χ2v) is 6.03. The predicted octanol–water partition coefficient (Wildman–Crippen LogP) is 3.25. The maximum atomic E-state index is 11.3. The van der Waals surface area contributed by atoms with Crippen LogP contribution in [0, 0.1) is 10.1 Å². The summed E-state index contributed by atoms with van der Waals surface area (Å²) in [5, 5.41) is 11.3. The Morgan fingerprint density at radius 1 is 1.25 bits per heavy atom. The SMILES string of the molecule is O=[N+]([O-])c1cccnc1N1CCCC(c2nc3ccccc3[nH]2)C1. The van der Waals surface area contributed by atoms with Crippen LogP contribution in [-0.2, 0) is 0 Å². The Balaban J connectivity index is 1.63. The highest BCUT2D eigenvalue weighted by atomic mass is 16.6. The molecule has 3 aromatic rings. The van der Waals surface area contributed by atoms with Crippen molar-refractivity contribution in [2.45, 2.75) is 18.8 Å². The predicted molar refractivity (Wildman–Crippen MR) is 91.2 cm³/mol. The lowest BCUT2D eigenvalue weighted by Crippen LogP contribution is -2.35. The van der Waals surface area contributed by atoms with Gasteiger partial charge in [0.15, 0.2) is 0 Å². The molecule has 0 amide bonds. The zero-order valence-corrected chi connectivity index (χ0v) is 13.1. The third-order valence-corrected chi connectivity index (χ3v) is 4.48. The smallest absolute Gasteiger partial charge is 0.311 e. The fourth-order valence-corrected chi connectivity index (χ4v) is 3.33. The zero-order chi connectivity index (χ0) is 16.5. The number of para-hydroxylation sites is 2. The molecule has 7 nitrogen and oxygen atoms in total. The van der Waals surface area contributed by atoms with Crippen molar-refractivity contribution in [2.75, 3.05) is 18.0 Å². The molecule has 1 saturated heterocycles. The van der Waals surface area contributed by atoms with Crippen LogP contribution in [0.1, 0.15) is 24.6 Å². The van der Waals surface area contributed by atoms with E-state index in [1.54, 1.807) is 12.3 Å². The van der Waals surface area contributed by atoms with Gasteiger partial charge in [0.25, 0.3) is 0 Å². The topological polar surface area (TPSA) is 87.9 Å². The van der Waals surface area contributed by atoms with Gasteiger partial charge in [0.05, 0.1) is 16.0 Å². The van der Waals surface area contributed by atoms with Gasteiger partial charge in [-0.25, -0.2) is 9.97 Å². The number of hydrogen-bond donors (Lipinski definition) is 1. The van der Waals surface area contributed by atoms with Crippen LogP contribution < -0.4 is 4.90 Å². The third kappa shape index (κ3) is 2.58. The minimum absolute atomic E-state index is 0.0581. The van der Waals surface area contributed by atoms with Gasteiger partial charge in [-0.1, -0.05) is 12.1 Å². The lowest BCUT2D eigenvalue weighted by Gasteiger charge is -2.32. The molecule has 1 aromatic carbocycles. The van der Waals surface area contributed by atoms with Crippen LogP contribution in [0.25, 0.3) is 11.0 Å². The molecule has 0 spiro atoms. The Bertz CT molecular complexity index is 858. The van der Waals surface area contributed by atoms with Gasteiger partial charge in [-0.15, -0.1) is 0 Å². The Hall–Kier alpha value is -2.96. The van der Waals surface area contributed by atoms with E-state index in [0.29, 0.717) is 12.4 Å². The van der Waals surface area contributed by atoms with Crippen LogP contribution in [0.2, 0.25) is 0 Å². The molecule has 1 fully saturated rings. The van der Waals surface area contributed by atoms with E-state index in [-0.39, 0.29) is 16.5 Å². The molecule has 0 saturated carbocycles. The number of piperidine rings is 1. The average Bonchev–Trinajstić information content (AvgIpc) is 3.06.